The van der Waals surface area contributed by atoms with Crippen LogP contribution in [-0.2, 0) is 57.9 Å². The van der Waals surface area contributed by atoms with Crippen LogP contribution in [0.15, 0.2) is 96.0 Å². The second-order valence-corrected chi connectivity index (χ2v) is 14.8. The van der Waals surface area contributed by atoms with E-state index in [-0.39, 0.29) is 49.7 Å². The van der Waals surface area contributed by atoms with Gasteiger partial charge in [-0.1, -0.05) is 104 Å². The number of hydrogen-bond acceptors (Lipinski definition) is 15. The van der Waals surface area contributed by atoms with E-state index in [9.17, 15) is 34.5 Å². The van der Waals surface area contributed by atoms with Crippen molar-refractivity contribution in [1.29, 1.82) is 0 Å². The molecule has 346 valence electrons. The Bertz CT molecular complexity index is 1970. The number of ether oxygens (including phenoxy) is 5. The van der Waals surface area contributed by atoms with Gasteiger partial charge in [0.15, 0.2) is 23.4 Å². The molecule has 0 bridgehead atoms. The summed E-state index contributed by atoms with van der Waals surface area (Å²) in [6.07, 6.45) is -13.6. The highest BCUT2D eigenvalue weighted by Crippen LogP contribution is 2.31. The highest BCUT2D eigenvalue weighted by atomic mass is 16.6. The monoisotopic (exact) mass is 892 g/mol. The standard InChI is InChI=1S/C44H56N6O14/c1-3-21-44(39(56)48-24-33(52)36-35(53)32(51)23-34(64-36)38(55)60-2,37(54)31(20-13-22-47-40(45)46)49-41(57)61-25-28-14-7-4-8-15-28)50(42(58)62-26-29-16-9-5-10-17-29)43(59)63-27-30-18-11-6-12-19-30/h4-12,14-19,31-36,51-53H,3,13,20-27H2,1-2H3,(H,48,56)(H,49,57)(H4,45,46,47)/t31-,32+,33+,34-,35+,36+,44+/m0/s1. The molecule has 1 fully saturated rings. The molecule has 20 heteroatoms. The smallest absolute Gasteiger partial charge is 0.421 e. The molecule has 3 aromatic rings. The van der Waals surface area contributed by atoms with E-state index >= 15 is 9.59 Å². The molecule has 1 aliphatic rings. The number of aliphatic hydroxyl groups is 3. The molecule has 0 unspecified atom stereocenters. The summed E-state index contributed by atoms with van der Waals surface area (Å²) in [5.74, 6) is -3.72. The van der Waals surface area contributed by atoms with Gasteiger partial charge in [-0.15, -0.1) is 0 Å². The van der Waals surface area contributed by atoms with E-state index in [4.69, 9.17) is 35.2 Å². The Morgan fingerprint density at radius 3 is 1.84 bits per heavy atom. The minimum Gasteiger partial charge on any atom is -0.467 e. The average molecular weight is 893 g/mol. The SMILES string of the molecule is CCC[C@](C(=O)NC[C@@H](O)[C@H]1O[C@H](C(=O)OC)C[C@@H](O)[C@H]1O)(C(=O)[C@H](CCCN=C(N)N)NC(=O)OCc1ccccc1)N(C(=O)OCc1ccccc1)C(=O)OCc1ccccc1. The van der Waals surface area contributed by atoms with Gasteiger partial charge in [-0.05, 0) is 36.0 Å². The van der Waals surface area contributed by atoms with Gasteiger partial charge in [0, 0.05) is 19.5 Å². The lowest BCUT2D eigenvalue weighted by Crippen LogP contribution is -2.70. The van der Waals surface area contributed by atoms with E-state index in [0.717, 1.165) is 7.11 Å². The summed E-state index contributed by atoms with van der Waals surface area (Å²) in [4.78, 5) is 89.4. The fourth-order valence-electron chi connectivity index (χ4n) is 6.92. The van der Waals surface area contributed by atoms with Crippen molar-refractivity contribution in [3.63, 3.8) is 0 Å². The van der Waals surface area contributed by atoms with Crippen LogP contribution < -0.4 is 22.1 Å². The lowest BCUT2D eigenvalue weighted by atomic mass is 9.81. The van der Waals surface area contributed by atoms with Crippen LogP contribution in [0.2, 0.25) is 0 Å². The largest absolute Gasteiger partial charge is 0.467 e. The number of ketones is 1. The Labute approximate surface area is 369 Å². The van der Waals surface area contributed by atoms with Crippen molar-refractivity contribution < 1.29 is 67.8 Å². The molecule has 4 amide bonds. The average Bonchev–Trinajstić information content (AvgIpc) is 3.30. The third-order valence-corrected chi connectivity index (χ3v) is 10.1. The number of hydrogen-bond donors (Lipinski definition) is 7. The zero-order chi connectivity index (χ0) is 46.6. The van der Waals surface area contributed by atoms with Crippen LogP contribution in [0.3, 0.4) is 0 Å². The number of imide groups is 1. The number of amides is 4. The Kier molecular flexibility index (Phi) is 19.5. The summed E-state index contributed by atoms with van der Waals surface area (Å²) >= 11 is 0. The number of nitrogens with one attached hydrogen (secondary N) is 2. The molecule has 1 heterocycles. The van der Waals surface area contributed by atoms with Gasteiger partial charge in [0.1, 0.15) is 38.1 Å². The third kappa shape index (κ3) is 13.9. The molecule has 0 aromatic heterocycles. The van der Waals surface area contributed by atoms with Gasteiger partial charge in [-0.2, -0.15) is 4.90 Å². The van der Waals surface area contributed by atoms with Crippen LogP contribution in [-0.4, -0.2) is 124 Å². The second kappa shape index (κ2) is 24.9. The predicted molar refractivity (Wildman–Crippen MR) is 228 cm³/mol. The van der Waals surface area contributed by atoms with E-state index in [1.807, 2.05) is 0 Å². The van der Waals surface area contributed by atoms with Crippen molar-refractivity contribution in [3.8, 4) is 0 Å². The molecule has 0 saturated carbocycles. The van der Waals surface area contributed by atoms with Crippen molar-refractivity contribution in [2.75, 3.05) is 20.2 Å². The maximum absolute atomic E-state index is 15.4. The number of methoxy groups -OCH3 is 1. The number of Topliss-reactive ketones (excluding diaryl/α,β-unsaturated/α-hetero) is 1. The lowest BCUT2D eigenvalue weighted by Gasteiger charge is -2.41. The molecule has 9 N–H and O–H groups in total. The highest BCUT2D eigenvalue weighted by Gasteiger charge is 2.58. The maximum atomic E-state index is 15.4. The number of nitrogens with zero attached hydrogens (tertiary/aromatic N) is 2. The number of rotatable bonds is 21. The fourth-order valence-corrected chi connectivity index (χ4v) is 6.92. The maximum Gasteiger partial charge on any atom is 0.421 e. The first-order valence-corrected chi connectivity index (χ1v) is 20.6. The normalized spacial score (nSPS) is 18.7. The Balaban J connectivity index is 1.81. The Morgan fingerprint density at radius 2 is 1.36 bits per heavy atom. The number of carbonyl (C=O) groups is 6. The number of benzene rings is 3. The van der Waals surface area contributed by atoms with Crippen LogP contribution in [0.5, 0.6) is 0 Å². The quantitative estimate of drug-likeness (QED) is 0.0201. The number of aliphatic hydroxyl groups excluding tert-OH is 3. The molecular weight excluding hydrogens is 837 g/mol. The van der Waals surface area contributed by atoms with Crippen molar-refractivity contribution in [2.45, 2.75) is 101 Å². The second-order valence-electron chi connectivity index (χ2n) is 14.8. The number of alkyl carbamates (subject to hydrolysis) is 1. The molecule has 7 atom stereocenters. The molecule has 1 saturated heterocycles. The fraction of sp³-hybridized carbons (Fsp3) is 0.432. The van der Waals surface area contributed by atoms with Crippen LogP contribution in [0.1, 0.15) is 55.7 Å². The molecule has 64 heavy (non-hydrogen) atoms. The van der Waals surface area contributed by atoms with Crippen molar-refractivity contribution >= 4 is 41.9 Å². The van der Waals surface area contributed by atoms with Crippen molar-refractivity contribution in [2.24, 2.45) is 16.5 Å². The summed E-state index contributed by atoms with van der Waals surface area (Å²) in [5.41, 5.74) is 9.70. The van der Waals surface area contributed by atoms with Gasteiger partial charge in [0.25, 0.3) is 5.91 Å². The van der Waals surface area contributed by atoms with Gasteiger partial charge in [0.05, 0.1) is 19.3 Å². The van der Waals surface area contributed by atoms with Gasteiger partial charge >= 0.3 is 24.2 Å². The Morgan fingerprint density at radius 1 is 0.844 bits per heavy atom. The summed E-state index contributed by atoms with van der Waals surface area (Å²) < 4.78 is 26.9. The summed E-state index contributed by atoms with van der Waals surface area (Å²) in [7, 11) is 1.08. The number of aliphatic imine (C=N–C) groups is 1. The first-order valence-electron chi connectivity index (χ1n) is 20.6. The summed E-state index contributed by atoms with van der Waals surface area (Å²) in [6, 6.07) is 23.6. The number of carbonyl (C=O) groups excluding carboxylic acids is 6. The number of esters is 1. The molecule has 0 aliphatic carbocycles. The molecule has 0 spiro atoms. The first-order chi connectivity index (χ1) is 30.7. The molecular formula is C44H56N6O14. The highest BCUT2D eigenvalue weighted by molar-refractivity contribution is 6.17. The predicted octanol–water partition coefficient (Wildman–Crippen LogP) is 1.95. The van der Waals surface area contributed by atoms with Crippen molar-refractivity contribution in [3.05, 3.63) is 108 Å². The van der Waals surface area contributed by atoms with Gasteiger partial charge in [0.2, 0.25) is 0 Å². The van der Waals surface area contributed by atoms with E-state index in [1.165, 1.54) is 0 Å². The minimum atomic E-state index is -2.91. The van der Waals surface area contributed by atoms with Gasteiger partial charge in [-0.3, -0.25) is 14.6 Å². The molecule has 3 aromatic carbocycles. The summed E-state index contributed by atoms with van der Waals surface area (Å²) in [6.45, 7) is -0.395. The van der Waals surface area contributed by atoms with Gasteiger partial charge < -0.3 is 61.1 Å². The van der Waals surface area contributed by atoms with E-state index < -0.39 is 104 Å². The van der Waals surface area contributed by atoms with Gasteiger partial charge in [-0.25, -0.2) is 19.2 Å². The number of nitrogens with two attached hydrogens (primary N) is 2. The van der Waals surface area contributed by atoms with Crippen LogP contribution in [0.25, 0.3) is 0 Å². The van der Waals surface area contributed by atoms with Crippen LogP contribution in [0.4, 0.5) is 14.4 Å². The van der Waals surface area contributed by atoms with Crippen LogP contribution in [0, 0.1) is 0 Å². The van der Waals surface area contributed by atoms with E-state index in [0.29, 0.717) is 16.7 Å². The molecule has 0 radical (unpaired) electrons. The molecule has 4 rings (SSSR count). The van der Waals surface area contributed by atoms with Crippen molar-refractivity contribution in [1.82, 2.24) is 15.5 Å². The minimum absolute atomic E-state index is 0.0211. The zero-order valence-corrected chi connectivity index (χ0v) is 35.6. The number of guanidine groups is 1. The van der Waals surface area contributed by atoms with E-state index in [1.54, 1.807) is 97.9 Å². The van der Waals surface area contributed by atoms with E-state index in [2.05, 4.69) is 15.6 Å². The molecule has 1 aliphatic heterocycles. The summed E-state index contributed by atoms with van der Waals surface area (Å²) in [5, 5.41) is 37.5. The Hall–Kier alpha value is -6.61. The molecule has 20 nitrogen and oxygen atoms in total. The third-order valence-electron chi connectivity index (χ3n) is 10.1. The zero-order valence-electron chi connectivity index (χ0n) is 35.6. The lowest BCUT2D eigenvalue weighted by molar-refractivity contribution is -0.210. The first kappa shape index (κ1) is 50.0. The topological polar surface area (TPSA) is 301 Å². The van der Waals surface area contributed by atoms with Crippen LogP contribution >= 0.6 is 0 Å².